The van der Waals surface area contributed by atoms with E-state index in [4.69, 9.17) is 4.52 Å². The number of halogens is 1. The summed E-state index contributed by atoms with van der Waals surface area (Å²) in [6, 6.07) is 3.97. The van der Waals surface area contributed by atoms with Crippen LogP contribution in [0.5, 0.6) is 0 Å². The third-order valence-electron chi connectivity index (χ3n) is 4.86. The monoisotopic (exact) mass is 419 g/mol. The van der Waals surface area contributed by atoms with Crippen LogP contribution in [0.4, 0.5) is 5.82 Å². The number of alkyl halides is 1. The standard InChI is InChI=1S/C18H22BrN5O2/c19-7-1-2-16(25)24-10-8-23(9-11-24)15-6-5-14(12-20-15)17-21-18(26-22-17)13-3-4-13/h5-6,12-13H,1-4,7-11H2. The third-order valence-corrected chi connectivity index (χ3v) is 5.42. The normalized spacial score (nSPS) is 17.6. The summed E-state index contributed by atoms with van der Waals surface area (Å²) in [5.74, 6) is 2.97. The SMILES string of the molecule is O=C(CCCBr)N1CCN(c2ccc(-c3noc(C4CC4)n3)cn2)CC1. The number of carbonyl (C=O) groups excluding carboxylic acids is 1. The first-order chi connectivity index (χ1) is 12.7. The maximum atomic E-state index is 12.1. The Bertz CT molecular complexity index is 751. The van der Waals surface area contributed by atoms with Crippen molar-refractivity contribution in [2.75, 3.05) is 36.4 Å². The van der Waals surface area contributed by atoms with E-state index in [-0.39, 0.29) is 5.91 Å². The fourth-order valence-electron chi connectivity index (χ4n) is 3.12. The maximum absolute atomic E-state index is 12.1. The van der Waals surface area contributed by atoms with Gasteiger partial charge in [0, 0.05) is 55.6 Å². The Kier molecular flexibility index (Phi) is 5.19. The highest BCUT2D eigenvalue weighted by molar-refractivity contribution is 9.09. The van der Waals surface area contributed by atoms with Crippen LogP contribution in [-0.4, -0.2) is 57.4 Å². The molecule has 0 N–H and O–H groups in total. The molecule has 8 heteroatoms. The summed E-state index contributed by atoms with van der Waals surface area (Å²) in [6.45, 7) is 3.11. The second-order valence-electron chi connectivity index (χ2n) is 6.80. The summed E-state index contributed by atoms with van der Waals surface area (Å²) < 4.78 is 5.31. The van der Waals surface area contributed by atoms with Gasteiger partial charge in [-0.15, -0.1) is 0 Å². The van der Waals surface area contributed by atoms with Crippen molar-refractivity contribution in [3.8, 4) is 11.4 Å². The molecular formula is C18H22BrN5O2. The van der Waals surface area contributed by atoms with Crippen molar-refractivity contribution in [3.63, 3.8) is 0 Å². The average Bonchev–Trinajstić information content (AvgIpc) is 3.43. The van der Waals surface area contributed by atoms with Gasteiger partial charge in [-0.2, -0.15) is 4.98 Å². The number of rotatable bonds is 6. The van der Waals surface area contributed by atoms with Crippen molar-refractivity contribution in [2.45, 2.75) is 31.6 Å². The maximum Gasteiger partial charge on any atom is 0.230 e. The smallest absolute Gasteiger partial charge is 0.230 e. The first kappa shape index (κ1) is 17.5. The van der Waals surface area contributed by atoms with Gasteiger partial charge in [-0.05, 0) is 31.4 Å². The van der Waals surface area contributed by atoms with Crippen molar-refractivity contribution in [1.82, 2.24) is 20.0 Å². The number of aromatic nitrogens is 3. The van der Waals surface area contributed by atoms with E-state index in [2.05, 4.69) is 36.0 Å². The molecule has 1 aliphatic heterocycles. The first-order valence-corrected chi connectivity index (χ1v) is 10.3. The van der Waals surface area contributed by atoms with E-state index in [0.29, 0.717) is 18.2 Å². The Morgan fingerprint density at radius 2 is 2.04 bits per heavy atom. The summed E-state index contributed by atoms with van der Waals surface area (Å²) in [5, 5.41) is 4.93. The molecule has 0 aromatic carbocycles. The third kappa shape index (κ3) is 3.90. The van der Waals surface area contributed by atoms with E-state index < -0.39 is 0 Å². The van der Waals surface area contributed by atoms with Gasteiger partial charge in [0.25, 0.3) is 0 Å². The molecule has 2 aliphatic rings. The highest BCUT2D eigenvalue weighted by Gasteiger charge is 2.30. The molecule has 0 atom stereocenters. The van der Waals surface area contributed by atoms with Crippen molar-refractivity contribution in [1.29, 1.82) is 0 Å². The first-order valence-electron chi connectivity index (χ1n) is 9.13. The van der Waals surface area contributed by atoms with Gasteiger partial charge in [-0.25, -0.2) is 4.98 Å². The van der Waals surface area contributed by atoms with E-state index in [1.807, 2.05) is 17.0 Å². The van der Waals surface area contributed by atoms with Crippen molar-refractivity contribution in [2.24, 2.45) is 0 Å². The molecule has 2 fully saturated rings. The molecular weight excluding hydrogens is 398 g/mol. The predicted molar refractivity (Wildman–Crippen MR) is 101 cm³/mol. The quantitative estimate of drug-likeness (QED) is 0.670. The van der Waals surface area contributed by atoms with Gasteiger partial charge in [-0.3, -0.25) is 4.79 Å². The number of pyridine rings is 1. The summed E-state index contributed by atoms with van der Waals surface area (Å²) in [6.07, 6.45) is 5.59. The number of nitrogens with zero attached hydrogens (tertiary/aromatic N) is 5. The minimum Gasteiger partial charge on any atom is -0.353 e. The molecule has 2 aromatic heterocycles. The highest BCUT2D eigenvalue weighted by atomic mass is 79.9. The average molecular weight is 420 g/mol. The van der Waals surface area contributed by atoms with Crippen molar-refractivity contribution >= 4 is 27.7 Å². The number of hydrogen-bond acceptors (Lipinski definition) is 6. The summed E-state index contributed by atoms with van der Waals surface area (Å²) in [7, 11) is 0. The lowest BCUT2D eigenvalue weighted by Crippen LogP contribution is -2.49. The molecule has 138 valence electrons. The zero-order chi connectivity index (χ0) is 17.9. The fraction of sp³-hybridized carbons (Fsp3) is 0.556. The van der Waals surface area contributed by atoms with Gasteiger partial charge in [0.2, 0.25) is 17.6 Å². The molecule has 0 spiro atoms. The van der Waals surface area contributed by atoms with Gasteiger partial charge in [-0.1, -0.05) is 21.1 Å². The van der Waals surface area contributed by atoms with Crippen LogP contribution in [0, 0.1) is 0 Å². The molecule has 1 saturated carbocycles. The number of anilines is 1. The topological polar surface area (TPSA) is 75.4 Å². The van der Waals surface area contributed by atoms with E-state index in [0.717, 1.165) is 68.0 Å². The van der Waals surface area contributed by atoms with E-state index in [9.17, 15) is 4.79 Å². The fourth-order valence-corrected chi connectivity index (χ4v) is 3.40. The minimum absolute atomic E-state index is 0.246. The highest BCUT2D eigenvalue weighted by Crippen LogP contribution is 2.39. The van der Waals surface area contributed by atoms with Crippen LogP contribution in [0.2, 0.25) is 0 Å². The van der Waals surface area contributed by atoms with Crippen LogP contribution in [0.1, 0.15) is 37.5 Å². The second-order valence-corrected chi connectivity index (χ2v) is 7.59. The van der Waals surface area contributed by atoms with Crippen LogP contribution in [0.3, 0.4) is 0 Å². The summed E-state index contributed by atoms with van der Waals surface area (Å²) in [5.41, 5.74) is 0.869. The molecule has 7 nitrogen and oxygen atoms in total. The van der Waals surface area contributed by atoms with Gasteiger partial charge < -0.3 is 14.3 Å². The molecule has 2 aromatic rings. The van der Waals surface area contributed by atoms with Gasteiger partial charge >= 0.3 is 0 Å². The lowest BCUT2D eigenvalue weighted by molar-refractivity contribution is -0.131. The molecule has 0 radical (unpaired) electrons. The Labute approximate surface area is 160 Å². The predicted octanol–water partition coefficient (Wildman–Crippen LogP) is 2.83. The summed E-state index contributed by atoms with van der Waals surface area (Å²) >= 11 is 3.37. The van der Waals surface area contributed by atoms with Gasteiger partial charge in [0.15, 0.2) is 0 Å². The van der Waals surface area contributed by atoms with Crippen LogP contribution >= 0.6 is 15.9 Å². The van der Waals surface area contributed by atoms with Crippen molar-refractivity contribution in [3.05, 3.63) is 24.2 Å². The summed E-state index contributed by atoms with van der Waals surface area (Å²) in [4.78, 5) is 25.3. The lowest BCUT2D eigenvalue weighted by Gasteiger charge is -2.35. The van der Waals surface area contributed by atoms with Crippen LogP contribution in [0.15, 0.2) is 22.9 Å². The molecule has 1 aliphatic carbocycles. The van der Waals surface area contributed by atoms with Gasteiger partial charge in [0.05, 0.1) is 0 Å². The minimum atomic E-state index is 0.246. The Morgan fingerprint density at radius 1 is 1.23 bits per heavy atom. The molecule has 1 amide bonds. The van der Waals surface area contributed by atoms with Gasteiger partial charge in [0.1, 0.15) is 5.82 Å². The number of hydrogen-bond donors (Lipinski definition) is 0. The van der Waals surface area contributed by atoms with Crippen LogP contribution in [-0.2, 0) is 4.79 Å². The molecule has 0 bridgehead atoms. The molecule has 3 heterocycles. The molecule has 1 saturated heterocycles. The number of piperazine rings is 1. The zero-order valence-electron chi connectivity index (χ0n) is 14.6. The van der Waals surface area contributed by atoms with Crippen LogP contribution in [0.25, 0.3) is 11.4 Å². The lowest BCUT2D eigenvalue weighted by atomic mass is 10.2. The Morgan fingerprint density at radius 3 is 2.69 bits per heavy atom. The number of carbonyl (C=O) groups is 1. The second kappa shape index (κ2) is 7.73. The molecule has 0 unspecified atom stereocenters. The molecule has 4 rings (SSSR count). The van der Waals surface area contributed by atoms with E-state index >= 15 is 0 Å². The zero-order valence-corrected chi connectivity index (χ0v) is 16.2. The van der Waals surface area contributed by atoms with E-state index in [1.165, 1.54) is 0 Å². The molecule has 26 heavy (non-hydrogen) atoms. The van der Waals surface area contributed by atoms with E-state index in [1.54, 1.807) is 6.20 Å². The van der Waals surface area contributed by atoms with Crippen molar-refractivity contribution < 1.29 is 9.32 Å². The largest absolute Gasteiger partial charge is 0.353 e. The Balaban J connectivity index is 1.34. The number of amides is 1. The van der Waals surface area contributed by atoms with Crippen LogP contribution < -0.4 is 4.90 Å². The Hall–Kier alpha value is -1.96.